The predicted molar refractivity (Wildman–Crippen MR) is 83.1 cm³/mol. The van der Waals surface area contributed by atoms with Crippen LogP contribution in [0.5, 0.6) is 5.75 Å². The Kier molecular flexibility index (Phi) is 5.01. The van der Waals surface area contributed by atoms with Crippen LogP contribution < -0.4 is 5.32 Å². The predicted octanol–water partition coefficient (Wildman–Crippen LogP) is 3.23. The Morgan fingerprint density at radius 3 is 2.50 bits per heavy atom. The van der Waals surface area contributed by atoms with Crippen LogP contribution in [0, 0.1) is 0 Å². The Hall–Kier alpha value is -2.53. The maximum atomic E-state index is 11.9. The topological polar surface area (TPSA) is 75.6 Å². The van der Waals surface area contributed by atoms with Crippen LogP contribution in [0.3, 0.4) is 0 Å². The molecule has 0 bridgehead atoms. The van der Waals surface area contributed by atoms with Gasteiger partial charge in [-0.05, 0) is 37.3 Å². The van der Waals surface area contributed by atoms with E-state index in [0.717, 1.165) is 0 Å². The second kappa shape index (κ2) is 6.95. The number of amides is 1. The van der Waals surface area contributed by atoms with Gasteiger partial charge in [-0.1, -0.05) is 29.8 Å². The van der Waals surface area contributed by atoms with Gasteiger partial charge in [0.15, 0.2) is 6.10 Å². The molecule has 0 heterocycles. The summed E-state index contributed by atoms with van der Waals surface area (Å²) in [6, 6.07) is 12.8. The maximum Gasteiger partial charge on any atom is 0.342 e. The van der Waals surface area contributed by atoms with E-state index in [4.69, 9.17) is 16.3 Å². The fraction of sp³-hybridized carbons (Fsp3) is 0.125. The average molecular weight is 320 g/mol. The fourth-order valence-electron chi connectivity index (χ4n) is 1.72. The normalized spacial score (nSPS) is 11.5. The van der Waals surface area contributed by atoms with Gasteiger partial charge in [0.2, 0.25) is 0 Å². The molecule has 2 aromatic rings. The highest BCUT2D eigenvalue weighted by atomic mass is 35.5. The lowest BCUT2D eigenvalue weighted by Gasteiger charge is -2.14. The van der Waals surface area contributed by atoms with Crippen molar-refractivity contribution in [3.05, 3.63) is 59.1 Å². The first-order valence-corrected chi connectivity index (χ1v) is 6.90. The third-order valence-corrected chi connectivity index (χ3v) is 3.11. The van der Waals surface area contributed by atoms with E-state index in [-0.39, 0.29) is 11.3 Å². The minimum absolute atomic E-state index is 0.0521. The SMILES string of the molecule is C[C@H](OC(=O)c1ccc(Cl)cc1O)C(=O)Nc1ccccc1. The molecule has 0 aliphatic carbocycles. The number of aromatic hydroxyl groups is 1. The highest BCUT2D eigenvalue weighted by Crippen LogP contribution is 2.23. The van der Waals surface area contributed by atoms with Gasteiger partial charge >= 0.3 is 5.97 Å². The van der Waals surface area contributed by atoms with Gasteiger partial charge in [-0.3, -0.25) is 4.79 Å². The van der Waals surface area contributed by atoms with Gasteiger partial charge in [0.1, 0.15) is 11.3 Å². The van der Waals surface area contributed by atoms with Gasteiger partial charge in [0.05, 0.1) is 0 Å². The monoisotopic (exact) mass is 319 g/mol. The minimum Gasteiger partial charge on any atom is -0.507 e. The summed E-state index contributed by atoms with van der Waals surface area (Å²) >= 11 is 5.69. The molecule has 2 N–H and O–H groups in total. The minimum atomic E-state index is -1.01. The molecule has 6 heteroatoms. The molecule has 0 aromatic heterocycles. The molecule has 0 saturated heterocycles. The van der Waals surface area contributed by atoms with Crippen molar-refractivity contribution in [3.8, 4) is 5.75 Å². The number of halogens is 1. The average Bonchev–Trinajstić information content (AvgIpc) is 2.47. The van der Waals surface area contributed by atoms with Crippen LogP contribution in [0.2, 0.25) is 5.02 Å². The van der Waals surface area contributed by atoms with Crippen molar-refractivity contribution in [3.63, 3.8) is 0 Å². The molecule has 0 aliphatic heterocycles. The Morgan fingerprint density at radius 1 is 1.18 bits per heavy atom. The van der Waals surface area contributed by atoms with Gasteiger partial charge in [0.25, 0.3) is 5.91 Å². The Balaban J connectivity index is 2.00. The molecule has 1 amide bonds. The van der Waals surface area contributed by atoms with Crippen molar-refractivity contribution in [1.29, 1.82) is 0 Å². The molecular weight excluding hydrogens is 306 g/mol. The molecule has 0 aliphatic rings. The Bertz CT molecular complexity index is 688. The number of rotatable bonds is 4. The summed E-state index contributed by atoms with van der Waals surface area (Å²) in [6.07, 6.45) is -1.01. The quantitative estimate of drug-likeness (QED) is 0.848. The van der Waals surface area contributed by atoms with Crippen LogP contribution in [-0.2, 0) is 9.53 Å². The lowest BCUT2D eigenvalue weighted by molar-refractivity contribution is -0.123. The van der Waals surface area contributed by atoms with E-state index < -0.39 is 18.0 Å². The number of para-hydroxylation sites is 1. The smallest absolute Gasteiger partial charge is 0.342 e. The number of carbonyl (C=O) groups is 2. The first-order chi connectivity index (χ1) is 10.5. The van der Waals surface area contributed by atoms with Crippen LogP contribution in [0.15, 0.2) is 48.5 Å². The number of anilines is 1. The highest BCUT2D eigenvalue weighted by molar-refractivity contribution is 6.30. The molecule has 114 valence electrons. The summed E-state index contributed by atoms with van der Waals surface area (Å²) in [5, 5.41) is 12.6. The molecule has 0 spiro atoms. The van der Waals surface area contributed by atoms with Crippen LogP contribution >= 0.6 is 11.6 Å². The summed E-state index contributed by atoms with van der Waals surface area (Å²) in [4.78, 5) is 23.9. The molecule has 0 radical (unpaired) electrons. The number of nitrogens with one attached hydrogen (secondary N) is 1. The lowest BCUT2D eigenvalue weighted by Crippen LogP contribution is -2.30. The summed E-state index contributed by atoms with van der Waals surface area (Å²) in [5.74, 6) is -1.56. The summed E-state index contributed by atoms with van der Waals surface area (Å²) in [7, 11) is 0. The van der Waals surface area contributed by atoms with Crippen LogP contribution in [0.1, 0.15) is 17.3 Å². The molecule has 22 heavy (non-hydrogen) atoms. The molecule has 0 unspecified atom stereocenters. The van der Waals surface area contributed by atoms with Gasteiger partial charge in [-0.25, -0.2) is 4.79 Å². The number of benzene rings is 2. The molecule has 2 aromatic carbocycles. The first kappa shape index (κ1) is 15.9. The van der Waals surface area contributed by atoms with Crippen molar-refractivity contribution in [2.45, 2.75) is 13.0 Å². The number of ether oxygens (including phenoxy) is 1. The van der Waals surface area contributed by atoms with E-state index in [1.54, 1.807) is 24.3 Å². The second-order valence-electron chi connectivity index (χ2n) is 4.56. The van der Waals surface area contributed by atoms with Gasteiger partial charge in [-0.15, -0.1) is 0 Å². The zero-order valence-corrected chi connectivity index (χ0v) is 12.5. The molecular formula is C16H14ClNO4. The highest BCUT2D eigenvalue weighted by Gasteiger charge is 2.21. The number of carbonyl (C=O) groups excluding carboxylic acids is 2. The van der Waals surface area contributed by atoms with Gasteiger partial charge in [-0.2, -0.15) is 0 Å². The first-order valence-electron chi connectivity index (χ1n) is 6.53. The molecule has 1 atom stereocenters. The van der Waals surface area contributed by atoms with Crippen molar-refractivity contribution < 1.29 is 19.4 Å². The van der Waals surface area contributed by atoms with E-state index in [1.165, 1.54) is 25.1 Å². The largest absolute Gasteiger partial charge is 0.507 e. The van der Waals surface area contributed by atoms with E-state index >= 15 is 0 Å². The van der Waals surface area contributed by atoms with Gasteiger partial charge < -0.3 is 15.2 Å². The number of hydrogen-bond acceptors (Lipinski definition) is 4. The Labute approximate surface area is 132 Å². The van der Waals surface area contributed by atoms with E-state index in [2.05, 4.69) is 5.32 Å². The maximum absolute atomic E-state index is 11.9. The van der Waals surface area contributed by atoms with E-state index in [1.807, 2.05) is 6.07 Å². The fourth-order valence-corrected chi connectivity index (χ4v) is 1.89. The number of hydrogen-bond donors (Lipinski definition) is 2. The number of phenolic OH excluding ortho intramolecular Hbond substituents is 1. The third kappa shape index (κ3) is 3.99. The van der Waals surface area contributed by atoms with Crippen molar-refractivity contribution in [1.82, 2.24) is 0 Å². The van der Waals surface area contributed by atoms with Crippen LogP contribution in [0.4, 0.5) is 5.69 Å². The zero-order chi connectivity index (χ0) is 16.1. The second-order valence-corrected chi connectivity index (χ2v) is 5.00. The van der Waals surface area contributed by atoms with Gasteiger partial charge in [0, 0.05) is 10.7 Å². The van der Waals surface area contributed by atoms with Crippen LogP contribution in [0.25, 0.3) is 0 Å². The Morgan fingerprint density at radius 2 is 1.86 bits per heavy atom. The van der Waals surface area contributed by atoms with Crippen molar-refractivity contribution in [2.75, 3.05) is 5.32 Å². The lowest BCUT2D eigenvalue weighted by atomic mass is 10.2. The van der Waals surface area contributed by atoms with E-state index in [0.29, 0.717) is 10.7 Å². The standard InChI is InChI=1S/C16H14ClNO4/c1-10(15(20)18-12-5-3-2-4-6-12)22-16(21)13-8-7-11(17)9-14(13)19/h2-10,19H,1H3,(H,18,20)/t10-/m0/s1. The van der Waals surface area contributed by atoms with Crippen molar-refractivity contribution in [2.24, 2.45) is 0 Å². The molecule has 0 fully saturated rings. The number of esters is 1. The van der Waals surface area contributed by atoms with Crippen LogP contribution in [-0.4, -0.2) is 23.1 Å². The summed E-state index contributed by atoms with van der Waals surface area (Å²) < 4.78 is 5.04. The summed E-state index contributed by atoms with van der Waals surface area (Å²) in [6.45, 7) is 1.45. The molecule has 2 rings (SSSR count). The molecule has 5 nitrogen and oxygen atoms in total. The number of phenols is 1. The summed E-state index contributed by atoms with van der Waals surface area (Å²) in [5.41, 5.74) is 0.550. The molecule has 0 saturated carbocycles. The zero-order valence-electron chi connectivity index (χ0n) is 11.7. The van der Waals surface area contributed by atoms with Crippen molar-refractivity contribution >= 4 is 29.2 Å². The van der Waals surface area contributed by atoms with E-state index in [9.17, 15) is 14.7 Å². The third-order valence-electron chi connectivity index (χ3n) is 2.87.